The van der Waals surface area contributed by atoms with Crippen LogP contribution in [0, 0.1) is 17.5 Å². The van der Waals surface area contributed by atoms with E-state index in [1.54, 1.807) is 0 Å². The average molecular weight is 248 g/mol. The molecule has 1 rings (SSSR count). The predicted molar refractivity (Wildman–Crippen MR) is 54.8 cm³/mol. The summed E-state index contributed by atoms with van der Waals surface area (Å²) >= 11 is 0. The summed E-state index contributed by atoms with van der Waals surface area (Å²) in [7, 11) is 1.25. The van der Waals surface area contributed by atoms with E-state index in [0.29, 0.717) is 6.07 Å². The van der Waals surface area contributed by atoms with Crippen molar-refractivity contribution in [3.63, 3.8) is 0 Å². The van der Waals surface area contributed by atoms with Crippen molar-refractivity contribution in [3.8, 4) is 0 Å². The van der Waals surface area contributed by atoms with Gasteiger partial charge in [0.25, 0.3) is 5.91 Å². The lowest BCUT2D eigenvalue weighted by molar-refractivity contribution is -0.125. The number of carbonyl (C=O) groups excluding carboxylic acids is 1. The summed E-state index contributed by atoms with van der Waals surface area (Å²) in [6.45, 7) is -0.117. The number of rotatable bonds is 4. The summed E-state index contributed by atoms with van der Waals surface area (Å²) in [6.07, 6.45) is -0.984. The van der Waals surface area contributed by atoms with Crippen LogP contribution in [-0.2, 0) is 9.53 Å². The number of amides is 1. The maximum atomic E-state index is 13.2. The second kappa shape index (κ2) is 5.65. The minimum Gasteiger partial charge on any atom is -0.370 e. The number of nitrogens with two attached hydrogens (primary N) is 1. The Labute approximate surface area is 95.6 Å². The summed E-state index contributed by atoms with van der Waals surface area (Å²) in [6, 6.07) is 1.62. The smallest absolute Gasteiger partial charge is 0.254 e. The van der Waals surface area contributed by atoms with Gasteiger partial charge in [-0.3, -0.25) is 4.79 Å². The van der Waals surface area contributed by atoms with Gasteiger partial charge in [-0.15, -0.1) is 0 Å². The van der Waals surface area contributed by atoms with E-state index in [1.165, 1.54) is 7.11 Å². The Hall–Kier alpha value is -1.60. The highest BCUT2D eigenvalue weighted by atomic mass is 19.2. The van der Waals surface area contributed by atoms with E-state index in [0.717, 1.165) is 6.07 Å². The highest BCUT2D eigenvalue weighted by Crippen LogP contribution is 2.19. The third-order valence-electron chi connectivity index (χ3n) is 2.08. The van der Waals surface area contributed by atoms with Crippen molar-refractivity contribution in [3.05, 3.63) is 29.6 Å². The predicted octanol–water partition coefficient (Wildman–Crippen LogP) is 1.02. The van der Waals surface area contributed by atoms with Crippen LogP contribution in [-0.4, -0.2) is 25.7 Å². The van der Waals surface area contributed by atoms with Gasteiger partial charge in [-0.25, -0.2) is 13.2 Å². The van der Waals surface area contributed by atoms with Gasteiger partial charge < -0.3 is 15.8 Å². The van der Waals surface area contributed by atoms with Gasteiger partial charge in [0.1, 0.15) is 6.10 Å². The SMILES string of the molecule is COC(CN)C(=O)Nc1ccc(F)c(F)c1F. The third kappa shape index (κ3) is 2.95. The quantitative estimate of drug-likeness (QED) is 0.782. The molecule has 0 aliphatic rings. The number of hydrogen-bond donors (Lipinski definition) is 2. The topological polar surface area (TPSA) is 64.3 Å². The molecule has 94 valence electrons. The number of nitrogens with one attached hydrogen (secondary N) is 1. The highest BCUT2D eigenvalue weighted by Gasteiger charge is 2.19. The summed E-state index contributed by atoms with van der Waals surface area (Å²) in [5.74, 6) is -5.18. The summed E-state index contributed by atoms with van der Waals surface area (Å²) in [4.78, 5) is 11.4. The van der Waals surface area contributed by atoms with Crippen LogP contribution in [0.2, 0.25) is 0 Å². The standard InChI is InChI=1S/C10H11F3N2O2/c1-17-7(4-14)10(16)15-6-3-2-5(11)8(12)9(6)13/h2-3,7H,4,14H2,1H3,(H,15,16). The van der Waals surface area contributed by atoms with Gasteiger partial charge in [0.15, 0.2) is 17.5 Å². The maximum absolute atomic E-state index is 13.2. The first-order valence-corrected chi connectivity index (χ1v) is 4.68. The second-order valence-electron chi connectivity index (χ2n) is 3.17. The third-order valence-corrected chi connectivity index (χ3v) is 2.08. The molecule has 0 heterocycles. The maximum Gasteiger partial charge on any atom is 0.254 e. The van der Waals surface area contributed by atoms with Gasteiger partial charge in [0.2, 0.25) is 0 Å². The van der Waals surface area contributed by atoms with Crippen LogP contribution in [0.3, 0.4) is 0 Å². The molecule has 0 radical (unpaired) electrons. The Balaban J connectivity index is 2.89. The molecule has 3 N–H and O–H groups in total. The minimum absolute atomic E-state index is 0.117. The van der Waals surface area contributed by atoms with Crippen LogP contribution < -0.4 is 11.1 Å². The Morgan fingerprint density at radius 1 is 1.41 bits per heavy atom. The van der Waals surface area contributed by atoms with E-state index in [-0.39, 0.29) is 6.54 Å². The molecule has 0 aliphatic heterocycles. The van der Waals surface area contributed by atoms with E-state index in [1.807, 2.05) is 0 Å². The first kappa shape index (κ1) is 13.5. The molecule has 0 aliphatic carbocycles. The van der Waals surface area contributed by atoms with Crippen LogP contribution in [0.5, 0.6) is 0 Å². The van der Waals surface area contributed by atoms with E-state index in [9.17, 15) is 18.0 Å². The molecule has 1 atom stereocenters. The number of halogens is 3. The molecule has 4 nitrogen and oxygen atoms in total. The molecular formula is C10H11F3N2O2. The van der Waals surface area contributed by atoms with Gasteiger partial charge in [-0.05, 0) is 12.1 Å². The van der Waals surface area contributed by atoms with Crippen molar-refractivity contribution in [1.29, 1.82) is 0 Å². The van der Waals surface area contributed by atoms with Gasteiger partial charge >= 0.3 is 0 Å². The Bertz CT molecular complexity index is 422. The molecule has 0 aromatic heterocycles. The number of carbonyl (C=O) groups is 1. The zero-order chi connectivity index (χ0) is 13.0. The highest BCUT2D eigenvalue weighted by molar-refractivity contribution is 5.94. The van der Waals surface area contributed by atoms with Crippen molar-refractivity contribution in [1.82, 2.24) is 0 Å². The van der Waals surface area contributed by atoms with Crippen molar-refractivity contribution < 1.29 is 22.7 Å². The lowest BCUT2D eigenvalue weighted by atomic mass is 10.2. The molecule has 0 fully saturated rings. The van der Waals surface area contributed by atoms with Gasteiger partial charge in [-0.2, -0.15) is 0 Å². The fraction of sp³-hybridized carbons (Fsp3) is 0.300. The molecule has 1 unspecified atom stereocenters. The number of ether oxygens (including phenoxy) is 1. The molecule has 0 spiro atoms. The monoisotopic (exact) mass is 248 g/mol. The van der Waals surface area contributed by atoms with Crippen LogP contribution in [0.4, 0.5) is 18.9 Å². The number of hydrogen-bond acceptors (Lipinski definition) is 3. The normalized spacial score (nSPS) is 12.3. The second-order valence-corrected chi connectivity index (χ2v) is 3.17. The lowest BCUT2D eigenvalue weighted by Gasteiger charge is -2.13. The zero-order valence-corrected chi connectivity index (χ0v) is 8.97. The summed E-state index contributed by atoms with van der Waals surface area (Å²) < 4.78 is 43.4. The van der Waals surface area contributed by atoms with Crippen molar-refractivity contribution >= 4 is 11.6 Å². The summed E-state index contributed by atoms with van der Waals surface area (Å²) in [5.41, 5.74) is 4.75. The van der Waals surface area contributed by atoms with Crippen molar-refractivity contribution in [2.75, 3.05) is 19.0 Å². The first-order valence-electron chi connectivity index (χ1n) is 4.68. The fourth-order valence-electron chi connectivity index (χ4n) is 1.15. The van der Waals surface area contributed by atoms with E-state index < -0.39 is 35.2 Å². The first-order chi connectivity index (χ1) is 8.01. The molecule has 1 amide bonds. The lowest BCUT2D eigenvalue weighted by Crippen LogP contribution is -2.36. The molecular weight excluding hydrogens is 237 g/mol. The van der Waals surface area contributed by atoms with Crippen molar-refractivity contribution in [2.45, 2.75) is 6.10 Å². The summed E-state index contributed by atoms with van der Waals surface area (Å²) in [5, 5.41) is 2.05. The largest absolute Gasteiger partial charge is 0.370 e. The van der Waals surface area contributed by atoms with Gasteiger partial charge in [0, 0.05) is 13.7 Å². The fourth-order valence-corrected chi connectivity index (χ4v) is 1.15. The minimum atomic E-state index is -1.65. The molecule has 17 heavy (non-hydrogen) atoms. The van der Waals surface area contributed by atoms with Gasteiger partial charge in [0.05, 0.1) is 5.69 Å². The van der Waals surface area contributed by atoms with Gasteiger partial charge in [-0.1, -0.05) is 0 Å². The molecule has 1 aromatic carbocycles. The Kier molecular flexibility index (Phi) is 4.47. The molecule has 0 saturated carbocycles. The average Bonchev–Trinajstić information content (AvgIpc) is 2.31. The molecule has 1 aromatic rings. The number of methoxy groups -OCH3 is 1. The molecule has 0 saturated heterocycles. The van der Waals surface area contributed by atoms with Crippen LogP contribution >= 0.6 is 0 Å². The Morgan fingerprint density at radius 2 is 2.06 bits per heavy atom. The number of anilines is 1. The Morgan fingerprint density at radius 3 is 2.59 bits per heavy atom. The van der Waals surface area contributed by atoms with Crippen molar-refractivity contribution in [2.24, 2.45) is 5.73 Å². The van der Waals surface area contributed by atoms with Crippen LogP contribution in [0.1, 0.15) is 0 Å². The van der Waals surface area contributed by atoms with E-state index in [4.69, 9.17) is 10.5 Å². The van der Waals surface area contributed by atoms with E-state index >= 15 is 0 Å². The molecule has 7 heteroatoms. The van der Waals surface area contributed by atoms with Crippen LogP contribution in [0.25, 0.3) is 0 Å². The molecule has 0 bridgehead atoms. The number of benzene rings is 1. The van der Waals surface area contributed by atoms with Crippen LogP contribution in [0.15, 0.2) is 12.1 Å². The zero-order valence-electron chi connectivity index (χ0n) is 8.97. The van der Waals surface area contributed by atoms with E-state index in [2.05, 4.69) is 5.32 Å².